The Morgan fingerprint density at radius 2 is 2.11 bits per heavy atom. The van der Waals surface area contributed by atoms with Crippen LogP contribution in [0, 0.1) is 0 Å². The monoisotopic (exact) mass is 397 g/mol. The van der Waals surface area contributed by atoms with Gasteiger partial charge in [-0.15, -0.1) is 11.3 Å². The summed E-state index contributed by atoms with van der Waals surface area (Å²) in [6, 6.07) is 9.78. The predicted molar refractivity (Wildman–Crippen MR) is 110 cm³/mol. The van der Waals surface area contributed by atoms with E-state index in [4.69, 9.17) is 4.74 Å². The number of likely N-dealkylation sites (tertiary alicyclic amines) is 1. The Balaban J connectivity index is 1.56. The number of thiophene rings is 1. The summed E-state index contributed by atoms with van der Waals surface area (Å²) in [7, 11) is 1.64. The van der Waals surface area contributed by atoms with Gasteiger partial charge in [0.05, 0.1) is 24.9 Å². The lowest BCUT2D eigenvalue weighted by Gasteiger charge is -2.25. The lowest BCUT2D eigenvalue weighted by Crippen LogP contribution is -2.36. The smallest absolute Gasteiger partial charge is 0.262 e. The van der Waals surface area contributed by atoms with E-state index in [0.29, 0.717) is 11.9 Å². The number of aryl methyl sites for hydroxylation is 1. The molecule has 1 fully saturated rings. The lowest BCUT2D eigenvalue weighted by atomic mass is 10.0. The Morgan fingerprint density at radius 1 is 1.32 bits per heavy atom. The lowest BCUT2D eigenvalue weighted by molar-refractivity contribution is -0.132. The van der Waals surface area contributed by atoms with E-state index >= 15 is 0 Å². The molecule has 0 aliphatic carbocycles. The van der Waals surface area contributed by atoms with Crippen molar-refractivity contribution >= 4 is 27.5 Å². The van der Waals surface area contributed by atoms with Crippen molar-refractivity contribution in [1.82, 2.24) is 14.5 Å². The Hall–Kier alpha value is -2.67. The van der Waals surface area contributed by atoms with Crippen molar-refractivity contribution in [3.8, 4) is 5.75 Å². The van der Waals surface area contributed by atoms with Crippen LogP contribution in [0.1, 0.15) is 36.2 Å². The highest BCUT2D eigenvalue weighted by Gasteiger charge is 2.30. The van der Waals surface area contributed by atoms with Gasteiger partial charge in [-0.2, -0.15) is 0 Å². The number of nitrogens with zero attached hydrogens (tertiary/aromatic N) is 3. The van der Waals surface area contributed by atoms with E-state index in [-0.39, 0.29) is 24.1 Å². The van der Waals surface area contributed by atoms with Gasteiger partial charge < -0.3 is 9.64 Å². The van der Waals surface area contributed by atoms with E-state index < -0.39 is 0 Å². The summed E-state index contributed by atoms with van der Waals surface area (Å²) in [6.07, 6.45) is 4.25. The normalized spacial score (nSPS) is 16.6. The minimum Gasteiger partial charge on any atom is -0.497 e. The number of methoxy groups -OCH3 is 1. The zero-order valence-electron chi connectivity index (χ0n) is 16.1. The molecule has 0 radical (unpaired) electrons. The van der Waals surface area contributed by atoms with Gasteiger partial charge in [0.15, 0.2) is 0 Å². The van der Waals surface area contributed by atoms with Crippen LogP contribution in [0.2, 0.25) is 0 Å². The van der Waals surface area contributed by atoms with Crippen LogP contribution >= 0.6 is 11.3 Å². The molecule has 28 heavy (non-hydrogen) atoms. The first-order chi connectivity index (χ1) is 13.6. The number of rotatable bonds is 5. The molecule has 6 nitrogen and oxygen atoms in total. The van der Waals surface area contributed by atoms with Crippen molar-refractivity contribution in [2.45, 2.75) is 38.8 Å². The molecule has 0 unspecified atom stereocenters. The van der Waals surface area contributed by atoms with Crippen LogP contribution in [0.15, 0.2) is 41.5 Å². The number of hydrogen-bond donors (Lipinski definition) is 0. The van der Waals surface area contributed by atoms with Crippen molar-refractivity contribution in [2.24, 2.45) is 0 Å². The van der Waals surface area contributed by atoms with Gasteiger partial charge in [0, 0.05) is 11.4 Å². The number of amides is 1. The summed E-state index contributed by atoms with van der Waals surface area (Å²) in [5.41, 5.74) is 0.951. The highest BCUT2D eigenvalue weighted by molar-refractivity contribution is 7.18. The summed E-state index contributed by atoms with van der Waals surface area (Å²) in [4.78, 5) is 33.9. The third kappa shape index (κ3) is 3.42. The standard InChI is InChI=1S/C21H23N3O3S/c1-3-16-11-17-20(28-16)22-13-23(21(17)26)12-19(25)24-10-4-5-18(24)14-6-8-15(27-2)9-7-14/h6-9,11,13,18H,3-5,10,12H2,1-2H3/t18-/m0/s1. The molecule has 3 heterocycles. The fourth-order valence-electron chi connectivity index (χ4n) is 3.77. The molecule has 3 aromatic rings. The number of hydrogen-bond acceptors (Lipinski definition) is 5. The molecule has 2 aromatic heterocycles. The van der Waals surface area contributed by atoms with Crippen molar-refractivity contribution in [3.63, 3.8) is 0 Å². The molecule has 1 amide bonds. The Bertz CT molecular complexity index is 1050. The summed E-state index contributed by atoms with van der Waals surface area (Å²) >= 11 is 1.53. The van der Waals surface area contributed by atoms with Crippen LogP contribution in [0.4, 0.5) is 0 Å². The second-order valence-electron chi connectivity index (χ2n) is 6.98. The topological polar surface area (TPSA) is 64.4 Å². The Morgan fingerprint density at radius 3 is 2.82 bits per heavy atom. The molecule has 0 saturated carbocycles. The largest absolute Gasteiger partial charge is 0.497 e. The predicted octanol–water partition coefficient (Wildman–Crippen LogP) is 3.39. The summed E-state index contributed by atoms with van der Waals surface area (Å²) < 4.78 is 6.65. The Labute approximate surface area is 167 Å². The summed E-state index contributed by atoms with van der Waals surface area (Å²) in [6.45, 7) is 2.78. The summed E-state index contributed by atoms with van der Waals surface area (Å²) in [5.74, 6) is 0.750. The average Bonchev–Trinajstić information content (AvgIpc) is 3.37. The molecule has 1 atom stereocenters. The Kier molecular flexibility index (Phi) is 5.17. The number of benzene rings is 1. The van der Waals surface area contributed by atoms with E-state index in [1.165, 1.54) is 22.2 Å². The number of carbonyl (C=O) groups is 1. The molecule has 7 heteroatoms. The van der Waals surface area contributed by atoms with Crippen molar-refractivity contribution in [3.05, 3.63) is 57.5 Å². The van der Waals surface area contributed by atoms with E-state index in [0.717, 1.165) is 40.3 Å². The quantitative estimate of drug-likeness (QED) is 0.662. The molecule has 0 N–H and O–H groups in total. The number of aromatic nitrogens is 2. The average molecular weight is 398 g/mol. The maximum Gasteiger partial charge on any atom is 0.262 e. The zero-order valence-corrected chi connectivity index (χ0v) is 16.9. The van der Waals surface area contributed by atoms with Gasteiger partial charge in [0.2, 0.25) is 5.91 Å². The molecule has 1 aliphatic rings. The van der Waals surface area contributed by atoms with E-state index in [2.05, 4.69) is 11.9 Å². The van der Waals surface area contributed by atoms with Gasteiger partial charge in [-0.3, -0.25) is 14.2 Å². The molecular weight excluding hydrogens is 374 g/mol. The molecule has 146 valence electrons. The first-order valence-electron chi connectivity index (χ1n) is 9.52. The van der Waals surface area contributed by atoms with Crippen molar-refractivity contribution in [2.75, 3.05) is 13.7 Å². The first kappa shape index (κ1) is 18.7. The second kappa shape index (κ2) is 7.75. The van der Waals surface area contributed by atoms with E-state index in [1.807, 2.05) is 35.2 Å². The number of ether oxygens (including phenoxy) is 1. The van der Waals surface area contributed by atoms with Gasteiger partial charge in [0.1, 0.15) is 17.1 Å². The van der Waals surface area contributed by atoms with Gasteiger partial charge in [0.25, 0.3) is 5.56 Å². The molecule has 1 saturated heterocycles. The fourth-order valence-corrected chi connectivity index (χ4v) is 4.70. The maximum atomic E-state index is 13.0. The van der Waals surface area contributed by atoms with Crippen molar-refractivity contribution < 1.29 is 9.53 Å². The van der Waals surface area contributed by atoms with E-state index in [1.54, 1.807) is 7.11 Å². The SMILES string of the molecule is CCc1cc2c(=O)n(CC(=O)N3CCC[C@H]3c3ccc(OC)cc3)cnc2s1. The highest BCUT2D eigenvalue weighted by Crippen LogP contribution is 2.33. The second-order valence-corrected chi connectivity index (χ2v) is 8.10. The minimum absolute atomic E-state index is 0.0196. The third-order valence-corrected chi connectivity index (χ3v) is 6.48. The molecule has 1 aliphatic heterocycles. The molecule has 0 spiro atoms. The van der Waals surface area contributed by atoms with Crippen LogP contribution in [-0.4, -0.2) is 34.0 Å². The van der Waals surface area contributed by atoms with Crippen LogP contribution in [0.25, 0.3) is 10.2 Å². The first-order valence-corrected chi connectivity index (χ1v) is 10.3. The van der Waals surface area contributed by atoms with Crippen LogP contribution in [0.5, 0.6) is 5.75 Å². The minimum atomic E-state index is -0.144. The fraction of sp³-hybridized carbons (Fsp3) is 0.381. The van der Waals surface area contributed by atoms with Gasteiger partial charge in [-0.1, -0.05) is 19.1 Å². The van der Waals surface area contributed by atoms with E-state index in [9.17, 15) is 9.59 Å². The molecule has 0 bridgehead atoms. The van der Waals surface area contributed by atoms with Crippen LogP contribution in [-0.2, 0) is 17.8 Å². The number of carbonyl (C=O) groups excluding carboxylic acids is 1. The zero-order chi connectivity index (χ0) is 19.7. The van der Waals surface area contributed by atoms with Gasteiger partial charge >= 0.3 is 0 Å². The van der Waals surface area contributed by atoms with Gasteiger partial charge in [-0.05, 0) is 43.0 Å². The van der Waals surface area contributed by atoms with Gasteiger partial charge in [-0.25, -0.2) is 4.98 Å². The highest BCUT2D eigenvalue weighted by atomic mass is 32.1. The molecular formula is C21H23N3O3S. The molecule has 1 aromatic carbocycles. The number of fused-ring (bicyclic) bond motifs is 1. The van der Waals surface area contributed by atoms with Crippen molar-refractivity contribution in [1.29, 1.82) is 0 Å². The maximum absolute atomic E-state index is 13.0. The molecule has 4 rings (SSSR count). The third-order valence-electron chi connectivity index (χ3n) is 5.30. The van der Waals surface area contributed by atoms with Crippen LogP contribution < -0.4 is 10.3 Å². The summed E-state index contributed by atoms with van der Waals surface area (Å²) in [5, 5.41) is 0.602. The van der Waals surface area contributed by atoms with Crippen LogP contribution in [0.3, 0.4) is 0 Å².